The molecule has 0 bridgehead atoms. The number of benzene rings is 1. The second-order valence-corrected chi connectivity index (χ2v) is 3.98. The molecule has 0 unspecified atom stereocenters. The molecular weight excluding hydrogens is 200 g/mol. The van der Waals surface area contributed by atoms with Gasteiger partial charge >= 0.3 is 5.97 Å². The summed E-state index contributed by atoms with van der Waals surface area (Å²) >= 11 is 0. The van der Waals surface area contributed by atoms with E-state index in [4.69, 9.17) is 5.11 Å². The van der Waals surface area contributed by atoms with Gasteiger partial charge in [-0.25, -0.2) is 4.79 Å². The lowest BCUT2D eigenvalue weighted by atomic mass is 9.86. The van der Waals surface area contributed by atoms with Crippen LogP contribution < -0.4 is 0 Å². The summed E-state index contributed by atoms with van der Waals surface area (Å²) in [6.45, 7) is 2.06. The van der Waals surface area contributed by atoms with Gasteiger partial charge in [0.2, 0.25) is 0 Å². The Hall–Kier alpha value is -1.83. The van der Waals surface area contributed by atoms with Gasteiger partial charge in [-0.3, -0.25) is 0 Å². The van der Waals surface area contributed by atoms with E-state index in [-0.39, 0.29) is 0 Å². The zero-order valence-corrected chi connectivity index (χ0v) is 9.23. The lowest BCUT2D eigenvalue weighted by Crippen LogP contribution is -2.02. The zero-order valence-electron chi connectivity index (χ0n) is 9.23. The highest BCUT2D eigenvalue weighted by Gasteiger charge is 2.13. The van der Waals surface area contributed by atoms with Crippen molar-refractivity contribution in [3.05, 3.63) is 53.1 Å². The standard InChI is InChI=1S/C14H14O2/c1-10-11(8-9-14(15)16)6-7-12-4-2-3-5-13(10)12/h2-5,8-9H,6-7H2,1H3,(H,15,16). The first kappa shape index (κ1) is 10.7. The van der Waals surface area contributed by atoms with E-state index in [2.05, 4.69) is 19.1 Å². The predicted octanol–water partition coefficient (Wildman–Crippen LogP) is 3.05. The van der Waals surface area contributed by atoms with Gasteiger partial charge in [-0.15, -0.1) is 0 Å². The zero-order chi connectivity index (χ0) is 11.5. The average molecular weight is 214 g/mol. The molecule has 1 aliphatic carbocycles. The summed E-state index contributed by atoms with van der Waals surface area (Å²) in [5.41, 5.74) is 4.92. The van der Waals surface area contributed by atoms with Crippen molar-refractivity contribution in [3.8, 4) is 0 Å². The van der Waals surface area contributed by atoms with Crippen LogP contribution in [0.5, 0.6) is 0 Å². The number of rotatable bonds is 2. The van der Waals surface area contributed by atoms with E-state index in [0.29, 0.717) is 0 Å². The van der Waals surface area contributed by atoms with Gasteiger partial charge in [-0.1, -0.05) is 30.3 Å². The quantitative estimate of drug-likeness (QED) is 0.768. The van der Waals surface area contributed by atoms with Crippen LogP contribution in [0.3, 0.4) is 0 Å². The lowest BCUT2D eigenvalue weighted by Gasteiger charge is -2.19. The van der Waals surface area contributed by atoms with Crippen LogP contribution in [0.4, 0.5) is 0 Å². The topological polar surface area (TPSA) is 37.3 Å². The van der Waals surface area contributed by atoms with Crippen LogP contribution in [0.25, 0.3) is 5.57 Å². The number of hydrogen-bond donors (Lipinski definition) is 1. The van der Waals surface area contributed by atoms with Gasteiger partial charge in [0.05, 0.1) is 0 Å². The van der Waals surface area contributed by atoms with Gasteiger partial charge in [0.1, 0.15) is 0 Å². The molecule has 1 aromatic rings. The molecule has 1 aromatic carbocycles. The van der Waals surface area contributed by atoms with E-state index >= 15 is 0 Å². The highest BCUT2D eigenvalue weighted by atomic mass is 16.4. The summed E-state index contributed by atoms with van der Waals surface area (Å²) in [7, 11) is 0. The Labute approximate surface area is 94.9 Å². The van der Waals surface area contributed by atoms with Crippen molar-refractivity contribution in [3.63, 3.8) is 0 Å². The smallest absolute Gasteiger partial charge is 0.328 e. The first-order chi connectivity index (χ1) is 7.68. The van der Waals surface area contributed by atoms with Crippen LogP contribution in [-0.4, -0.2) is 11.1 Å². The third-order valence-corrected chi connectivity index (χ3v) is 2.99. The fraction of sp³-hybridized carbons (Fsp3) is 0.214. The summed E-state index contributed by atoms with van der Waals surface area (Å²) in [5.74, 6) is -0.890. The molecule has 16 heavy (non-hydrogen) atoms. The van der Waals surface area contributed by atoms with Crippen molar-refractivity contribution < 1.29 is 9.90 Å². The molecule has 82 valence electrons. The van der Waals surface area contributed by atoms with E-state index in [1.807, 2.05) is 12.1 Å². The van der Waals surface area contributed by atoms with Crippen molar-refractivity contribution >= 4 is 11.5 Å². The number of aryl methyl sites for hydroxylation is 1. The van der Waals surface area contributed by atoms with Crippen LogP contribution in [0.2, 0.25) is 0 Å². The van der Waals surface area contributed by atoms with E-state index in [0.717, 1.165) is 18.4 Å². The molecule has 2 heteroatoms. The Balaban J connectivity index is 2.39. The van der Waals surface area contributed by atoms with Gasteiger partial charge in [0.25, 0.3) is 0 Å². The molecule has 2 rings (SSSR count). The molecule has 0 saturated carbocycles. The molecule has 0 aliphatic heterocycles. The number of carboxylic acid groups (broad SMARTS) is 1. The molecule has 0 saturated heterocycles. The van der Waals surface area contributed by atoms with Gasteiger partial charge in [-0.2, -0.15) is 0 Å². The Morgan fingerprint density at radius 2 is 2.06 bits per heavy atom. The van der Waals surface area contributed by atoms with Crippen LogP contribution >= 0.6 is 0 Å². The fourth-order valence-corrected chi connectivity index (χ4v) is 2.11. The molecule has 0 amide bonds. The van der Waals surface area contributed by atoms with Crippen molar-refractivity contribution in [2.45, 2.75) is 19.8 Å². The molecule has 0 atom stereocenters. The summed E-state index contributed by atoms with van der Waals surface area (Å²) in [4.78, 5) is 10.5. The number of fused-ring (bicyclic) bond motifs is 1. The third-order valence-electron chi connectivity index (χ3n) is 2.99. The second-order valence-electron chi connectivity index (χ2n) is 3.98. The maximum Gasteiger partial charge on any atom is 0.328 e. The molecule has 1 N–H and O–H groups in total. The summed E-state index contributed by atoms with van der Waals surface area (Å²) < 4.78 is 0. The van der Waals surface area contributed by atoms with Crippen LogP contribution in [0, 0.1) is 0 Å². The molecule has 0 radical (unpaired) electrons. The van der Waals surface area contributed by atoms with E-state index < -0.39 is 5.97 Å². The SMILES string of the molecule is CC1=C(C=CC(=O)O)CCc2ccccc21. The van der Waals surface area contributed by atoms with E-state index in [1.54, 1.807) is 6.08 Å². The number of carboxylic acids is 1. The van der Waals surface area contributed by atoms with Gasteiger partial charge in [0, 0.05) is 6.08 Å². The highest BCUT2D eigenvalue weighted by Crippen LogP contribution is 2.31. The van der Waals surface area contributed by atoms with Gasteiger partial charge < -0.3 is 5.11 Å². The molecule has 0 heterocycles. The minimum Gasteiger partial charge on any atom is -0.478 e. The Bertz CT molecular complexity index is 481. The van der Waals surface area contributed by atoms with Crippen LogP contribution in [0.15, 0.2) is 42.0 Å². The largest absolute Gasteiger partial charge is 0.478 e. The van der Waals surface area contributed by atoms with Crippen LogP contribution in [-0.2, 0) is 11.2 Å². The predicted molar refractivity (Wildman–Crippen MR) is 64.1 cm³/mol. The molecule has 2 nitrogen and oxygen atoms in total. The lowest BCUT2D eigenvalue weighted by molar-refractivity contribution is -0.131. The second kappa shape index (κ2) is 4.35. The molecular formula is C14H14O2. The number of hydrogen-bond acceptors (Lipinski definition) is 1. The minimum absolute atomic E-state index is 0.890. The van der Waals surface area contributed by atoms with Crippen molar-refractivity contribution in [1.82, 2.24) is 0 Å². The molecule has 0 fully saturated rings. The average Bonchev–Trinajstić information content (AvgIpc) is 2.28. The number of carbonyl (C=O) groups is 1. The maximum absolute atomic E-state index is 10.5. The highest BCUT2D eigenvalue weighted by molar-refractivity contribution is 5.82. The van der Waals surface area contributed by atoms with Gasteiger partial charge in [-0.05, 0) is 42.0 Å². The maximum atomic E-state index is 10.5. The van der Waals surface area contributed by atoms with E-state index in [1.165, 1.54) is 22.8 Å². The summed E-state index contributed by atoms with van der Waals surface area (Å²) in [6, 6.07) is 8.30. The number of allylic oxidation sites excluding steroid dienone is 3. The van der Waals surface area contributed by atoms with Crippen molar-refractivity contribution in [2.75, 3.05) is 0 Å². The Morgan fingerprint density at radius 3 is 2.81 bits per heavy atom. The first-order valence-corrected chi connectivity index (χ1v) is 5.37. The van der Waals surface area contributed by atoms with Crippen molar-refractivity contribution in [1.29, 1.82) is 0 Å². The van der Waals surface area contributed by atoms with Crippen molar-refractivity contribution in [2.24, 2.45) is 0 Å². The summed E-state index contributed by atoms with van der Waals surface area (Å²) in [6.07, 6.45) is 4.85. The monoisotopic (exact) mass is 214 g/mol. The Morgan fingerprint density at radius 1 is 1.31 bits per heavy atom. The Kier molecular flexibility index (Phi) is 2.91. The van der Waals surface area contributed by atoms with E-state index in [9.17, 15) is 4.79 Å². The normalized spacial score (nSPS) is 15.3. The molecule has 1 aliphatic rings. The fourth-order valence-electron chi connectivity index (χ4n) is 2.11. The van der Waals surface area contributed by atoms with Crippen LogP contribution in [0.1, 0.15) is 24.5 Å². The minimum atomic E-state index is -0.890. The third kappa shape index (κ3) is 2.06. The first-order valence-electron chi connectivity index (χ1n) is 5.37. The molecule has 0 spiro atoms. The summed E-state index contributed by atoms with van der Waals surface area (Å²) in [5, 5.41) is 8.62. The molecule has 0 aromatic heterocycles. The number of aliphatic carboxylic acids is 1. The van der Waals surface area contributed by atoms with Gasteiger partial charge in [0.15, 0.2) is 0 Å².